The SMILES string of the molecule is CC(=O)c1cn(CC(=O)N2C[C@H](F)C[C@H]2C(=O)NCc2cccc(Cl)c2F)c2cnc(C)cc12. The van der Waals surface area contributed by atoms with Crippen molar-refractivity contribution >= 4 is 40.1 Å². The lowest BCUT2D eigenvalue weighted by Gasteiger charge is -2.24. The average Bonchev–Trinajstić information content (AvgIpc) is 3.35. The topological polar surface area (TPSA) is 84.3 Å². The molecular weight excluding hydrogens is 466 g/mol. The normalized spacial score (nSPS) is 17.9. The molecule has 1 saturated heterocycles. The quantitative estimate of drug-likeness (QED) is 0.537. The Balaban J connectivity index is 1.51. The van der Waals surface area contributed by atoms with Gasteiger partial charge in [-0.1, -0.05) is 23.7 Å². The molecule has 1 aromatic carbocycles. The summed E-state index contributed by atoms with van der Waals surface area (Å²) < 4.78 is 30.0. The van der Waals surface area contributed by atoms with E-state index >= 15 is 0 Å². The standard InChI is InChI=1S/C24H23ClF2N4O3/c1-13-6-17-18(14(2)32)11-30(21(17)9-28-13)12-22(33)31-10-16(26)7-20(31)24(34)29-8-15-4-3-5-19(25)23(15)27/h3-6,9,11,16,20H,7-8,10,12H2,1-2H3,(H,29,34)/t16-,20+/m1/s1. The van der Waals surface area contributed by atoms with Crippen molar-refractivity contribution in [2.24, 2.45) is 0 Å². The number of carbonyl (C=O) groups is 3. The van der Waals surface area contributed by atoms with E-state index in [9.17, 15) is 23.2 Å². The lowest BCUT2D eigenvalue weighted by molar-refractivity contribution is -0.139. The molecule has 0 aliphatic carbocycles. The zero-order valence-electron chi connectivity index (χ0n) is 18.6. The summed E-state index contributed by atoms with van der Waals surface area (Å²) in [6.07, 6.45) is 1.64. The van der Waals surface area contributed by atoms with Gasteiger partial charge in [-0.15, -0.1) is 0 Å². The molecule has 0 radical (unpaired) electrons. The molecule has 0 saturated carbocycles. The Labute approximate surface area is 199 Å². The van der Waals surface area contributed by atoms with Gasteiger partial charge in [-0.05, 0) is 26.0 Å². The first kappa shape index (κ1) is 23.8. The molecule has 0 spiro atoms. The molecule has 1 aliphatic heterocycles. The first-order chi connectivity index (χ1) is 16.2. The Bertz CT molecular complexity index is 1290. The molecule has 178 valence electrons. The fraction of sp³-hybridized carbons (Fsp3) is 0.333. The lowest BCUT2D eigenvalue weighted by atomic mass is 10.1. The molecule has 2 amide bonds. The maximum Gasteiger partial charge on any atom is 0.243 e. The number of rotatable bonds is 6. The number of nitrogens with one attached hydrogen (secondary N) is 1. The second-order valence-corrected chi connectivity index (χ2v) is 8.80. The van der Waals surface area contributed by atoms with Crippen LogP contribution in [0.3, 0.4) is 0 Å². The van der Waals surface area contributed by atoms with E-state index in [1.807, 2.05) is 0 Å². The number of likely N-dealkylation sites (tertiary alicyclic amines) is 1. The minimum Gasteiger partial charge on any atom is -0.350 e. The average molecular weight is 489 g/mol. The van der Waals surface area contributed by atoms with Gasteiger partial charge >= 0.3 is 0 Å². The molecule has 1 fully saturated rings. The molecule has 1 N–H and O–H groups in total. The number of aromatic nitrogens is 2. The van der Waals surface area contributed by atoms with E-state index in [2.05, 4.69) is 10.3 Å². The summed E-state index contributed by atoms with van der Waals surface area (Å²) in [5.41, 5.74) is 1.96. The van der Waals surface area contributed by atoms with Crippen molar-refractivity contribution in [3.63, 3.8) is 0 Å². The first-order valence-corrected chi connectivity index (χ1v) is 11.1. The number of fused-ring (bicyclic) bond motifs is 1. The molecule has 2 atom stereocenters. The molecule has 34 heavy (non-hydrogen) atoms. The van der Waals surface area contributed by atoms with Gasteiger partial charge in [0.2, 0.25) is 11.8 Å². The zero-order chi connectivity index (χ0) is 24.6. The summed E-state index contributed by atoms with van der Waals surface area (Å²) in [4.78, 5) is 43.4. The van der Waals surface area contributed by atoms with Crippen molar-refractivity contribution in [2.75, 3.05) is 6.54 Å². The van der Waals surface area contributed by atoms with Gasteiger partial charge in [0.05, 0.1) is 23.3 Å². The number of halogens is 3. The molecular formula is C24H23ClF2N4O3. The van der Waals surface area contributed by atoms with Crippen molar-refractivity contribution in [2.45, 2.75) is 45.6 Å². The second kappa shape index (κ2) is 9.50. The highest BCUT2D eigenvalue weighted by atomic mass is 35.5. The number of hydrogen-bond donors (Lipinski definition) is 1. The highest BCUT2D eigenvalue weighted by molar-refractivity contribution is 6.30. The smallest absolute Gasteiger partial charge is 0.243 e. The molecule has 0 unspecified atom stereocenters. The Morgan fingerprint density at radius 2 is 2.06 bits per heavy atom. The van der Waals surface area contributed by atoms with Crippen molar-refractivity contribution in [1.82, 2.24) is 19.8 Å². The second-order valence-electron chi connectivity index (χ2n) is 8.40. The molecule has 3 aromatic rings. The number of benzene rings is 1. The Kier molecular flexibility index (Phi) is 6.65. The van der Waals surface area contributed by atoms with Crippen LogP contribution in [0.25, 0.3) is 10.9 Å². The molecule has 4 rings (SSSR count). The van der Waals surface area contributed by atoms with E-state index in [0.717, 1.165) is 5.69 Å². The van der Waals surface area contributed by atoms with Crippen LogP contribution in [-0.4, -0.2) is 50.8 Å². The van der Waals surface area contributed by atoms with E-state index in [-0.39, 0.29) is 42.4 Å². The van der Waals surface area contributed by atoms with E-state index in [1.54, 1.807) is 36.0 Å². The van der Waals surface area contributed by atoms with Crippen LogP contribution in [0.2, 0.25) is 5.02 Å². The summed E-state index contributed by atoms with van der Waals surface area (Å²) in [7, 11) is 0. The van der Waals surface area contributed by atoms with Crippen molar-refractivity contribution < 1.29 is 23.2 Å². The molecule has 1 aliphatic rings. The van der Waals surface area contributed by atoms with Crippen LogP contribution >= 0.6 is 11.6 Å². The Hall–Kier alpha value is -3.33. The number of hydrogen-bond acceptors (Lipinski definition) is 4. The van der Waals surface area contributed by atoms with Crippen LogP contribution in [0, 0.1) is 12.7 Å². The lowest BCUT2D eigenvalue weighted by Crippen LogP contribution is -2.46. The van der Waals surface area contributed by atoms with Gasteiger partial charge in [0, 0.05) is 41.4 Å². The minimum atomic E-state index is -1.36. The third-order valence-corrected chi connectivity index (χ3v) is 6.24. The number of amides is 2. The third-order valence-electron chi connectivity index (χ3n) is 5.95. The van der Waals surface area contributed by atoms with Crippen LogP contribution in [0.15, 0.2) is 36.7 Å². The van der Waals surface area contributed by atoms with Gasteiger partial charge in [0.25, 0.3) is 0 Å². The number of carbonyl (C=O) groups excluding carboxylic acids is 3. The monoisotopic (exact) mass is 488 g/mol. The number of ketones is 1. The largest absolute Gasteiger partial charge is 0.350 e. The summed E-state index contributed by atoms with van der Waals surface area (Å²) in [5.74, 6) is -1.84. The molecule has 7 nitrogen and oxygen atoms in total. The number of alkyl halides is 1. The van der Waals surface area contributed by atoms with Gasteiger partial charge in [-0.25, -0.2) is 8.78 Å². The Morgan fingerprint density at radius 3 is 2.79 bits per heavy atom. The fourth-order valence-electron chi connectivity index (χ4n) is 4.23. The van der Waals surface area contributed by atoms with E-state index in [4.69, 9.17) is 11.6 Å². The summed E-state index contributed by atoms with van der Waals surface area (Å²) >= 11 is 5.77. The van der Waals surface area contributed by atoms with Crippen LogP contribution in [-0.2, 0) is 22.7 Å². The van der Waals surface area contributed by atoms with Crippen molar-refractivity contribution in [3.8, 4) is 0 Å². The highest BCUT2D eigenvalue weighted by Gasteiger charge is 2.39. The van der Waals surface area contributed by atoms with Crippen LogP contribution < -0.4 is 5.32 Å². The molecule has 0 bridgehead atoms. The van der Waals surface area contributed by atoms with Crippen LogP contribution in [0.1, 0.15) is 35.0 Å². The number of Topliss-reactive ketones (excluding diaryl/α,β-unsaturated/α-hetero) is 1. The summed E-state index contributed by atoms with van der Waals surface area (Å²) in [5, 5.41) is 3.18. The number of pyridine rings is 1. The van der Waals surface area contributed by atoms with Gasteiger partial charge in [-0.3, -0.25) is 19.4 Å². The first-order valence-electron chi connectivity index (χ1n) is 10.8. The van der Waals surface area contributed by atoms with E-state index < -0.39 is 29.8 Å². The predicted octanol–water partition coefficient (Wildman–Crippen LogP) is 3.60. The van der Waals surface area contributed by atoms with Crippen LogP contribution in [0.5, 0.6) is 0 Å². The molecule has 10 heteroatoms. The Morgan fingerprint density at radius 1 is 1.29 bits per heavy atom. The maximum absolute atomic E-state index is 14.3. The van der Waals surface area contributed by atoms with Crippen molar-refractivity contribution in [1.29, 1.82) is 0 Å². The van der Waals surface area contributed by atoms with E-state index in [1.165, 1.54) is 24.0 Å². The van der Waals surface area contributed by atoms with Gasteiger partial charge in [-0.2, -0.15) is 0 Å². The number of nitrogens with zero attached hydrogens (tertiary/aromatic N) is 3. The van der Waals surface area contributed by atoms with Gasteiger partial charge in [0.1, 0.15) is 24.6 Å². The van der Waals surface area contributed by atoms with Gasteiger partial charge < -0.3 is 14.8 Å². The molecule has 3 heterocycles. The fourth-order valence-corrected chi connectivity index (χ4v) is 4.43. The highest BCUT2D eigenvalue weighted by Crippen LogP contribution is 2.25. The number of aryl methyl sites for hydroxylation is 1. The summed E-state index contributed by atoms with van der Waals surface area (Å²) in [6.45, 7) is 2.69. The van der Waals surface area contributed by atoms with Crippen LogP contribution in [0.4, 0.5) is 8.78 Å². The predicted molar refractivity (Wildman–Crippen MR) is 123 cm³/mol. The van der Waals surface area contributed by atoms with Gasteiger partial charge in [0.15, 0.2) is 5.78 Å². The maximum atomic E-state index is 14.3. The zero-order valence-corrected chi connectivity index (χ0v) is 19.4. The van der Waals surface area contributed by atoms with E-state index in [0.29, 0.717) is 16.5 Å². The minimum absolute atomic E-state index is 0.0678. The van der Waals surface area contributed by atoms with Crippen molar-refractivity contribution in [3.05, 3.63) is 64.3 Å². The molecule has 2 aromatic heterocycles. The summed E-state index contributed by atoms with van der Waals surface area (Å²) in [6, 6.07) is 5.18. The third kappa shape index (κ3) is 4.65.